The molecule has 0 amide bonds. The second-order valence-corrected chi connectivity index (χ2v) is 16.0. The number of aromatic nitrogens is 1. The maximum atomic E-state index is 6.60. The van der Waals surface area contributed by atoms with Gasteiger partial charge in [-0.1, -0.05) is 146 Å². The molecule has 0 aliphatic heterocycles. The largest absolute Gasteiger partial charge is 0.456 e. The molecule has 0 unspecified atom stereocenters. The SMILES string of the molecule is c1cc(N(c2ccc(-c3cccc4c3oc3ccccc34)cc2)c2ccccc2-c2cccc3oc4cc5ccccc5cc4c23)cc(-n2c3ccccc3c3ccccc32)c1. The molecule has 0 spiro atoms. The van der Waals surface area contributed by atoms with E-state index in [1.54, 1.807) is 0 Å². The minimum absolute atomic E-state index is 0.867. The van der Waals surface area contributed by atoms with Crippen molar-refractivity contribution < 1.29 is 8.83 Å². The Morgan fingerprint density at radius 2 is 0.968 bits per heavy atom. The van der Waals surface area contributed by atoms with Crippen molar-refractivity contribution in [2.75, 3.05) is 4.90 Å². The molecular formula is C58H36N2O2. The van der Waals surface area contributed by atoms with Crippen molar-refractivity contribution in [1.82, 2.24) is 4.57 Å². The Hall–Kier alpha value is -8.34. The van der Waals surface area contributed by atoms with Crippen LogP contribution in [-0.4, -0.2) is 4.57 Å². The standard InChI is InChI=1S/C58H36N2O2/c1-2-15-39-35-56-50(34-38(39)14-1)57-48(23-13-29-55(57)61-56)46-20-5-7-25-51(46)59(40-32-30-37(31-33-40)43-22-12-24-49-47-21-6-10-28-54(47)62-58(43)49)41-16-11-17-42(36-41)60-52-26-8-3-18-44(52)45-19-4-9-27-53(45)60/h1-36H. The van der Waals surface area contributed by atoms with Crippen LogP contribution >= 0.6 is 0 Å². The second kappa shape index (κ2) is 13.6. The number of hydrogen-bond acceptors (Lipinski definition) is 3. The van der Waals surface area contributed by atoms with Gasteiger partial charge in [0.15, 0.2) is 0 Å². The van der Waals surface area contributed by atoms with Crippen LogP contribution in [0.2, 0.25) is 0 Å². The van der Waals surface area contributed by atoms with Gasteiger partial charge in [-0.2, -0.15) is 0 Å². The van der Waals surface area contributed by atoms with Crippen LogP contribution in [0.3, 0.4) is 0 Å². The average molecular weight is 793 g/mol. The molecule has 3 aromatic heterocycles. The third kappa shape index (κ3) is 5.27. The van der Waals surface area contributed by atoms with Crippen molar-refractivity contribution in [3.63, 3.8) is 0 Å². The highest BCUT2D eigenvalue weighted by Crippen LogP contribution is 2.46. The Labute approximate surface area is 356 Å². The van der Waals surface area contributed by atoms with Crippen LogP contribution in [0.1, 0.15) is 0 Å². The maximum absolute atomic E-state index is 6.60. The minimum Gasteiger partial charge on any atom is -0.456 e. The highest BCUT2D eigenvalue weighted by Gasteiger charge is 2.22. The summed E-state index contributed by atoms with van der Waals surface area (Å²) in [6.07, 6.45) is 0. The predicted octanol–water partition coefficient (Wildman–Crippen LogP) is 16.5. The van der Waals surface area contributed by atoms with E-state index in [2.05, 4.69) is 216 Å². The number of hydrogen-bond donors (Lipinski definition) is 0. The monoisotopic (exact) mass is 792 g/mol. The summed E-state index contributed by atoms with van der Waals surface area (Å²) in [6, 6.07) is 78.0. The lowest BCUT2D eigenvalue weighted by Gasteiger charge is -2.29. The molecule has 13 aromatic rings. The predicted molar refractivity (Wildman–Crippen MR) is 258 cm³/mol. The fraction of sp³-hybridized carbons (Fsp3) is 0. The number of benzene rings is 10. The minimum atomic E-state index is 0.867. The molecule has 0 atom stereocenters. The second-order valence-electron chi connectivity index (χ2n) is 16.0. The Morgan fingerprint density at radius 3 is 1.79 bits per heavy atom. The van der Waals surface area contributed by atoms with E-state index in [0.29, 0.717) is 0 Å². The van der Waals surface area contributed by atoms with Crippen LogP contribution in [0.4, 0.5) is 17.1 Å². The van der Waals surface area contributed by atoms with Gasteiger partial charge in [0.05, 0.1) is 16.7 Å². The van der Waals surface area contributed by atoms with Crippen molar-refractivity contribution >= 4 is 93.5 Å². The van der Waals surface area contributed by atoms with E-state index < -0.39 is 0 Å². The van der Waals surface area contributed by atoms with Crippen molar-refractivity contribution in [3.05, 3.63) is 218 Å². The first-order valence-corrected chi connectivity index (χ1v) is 21.1. The zero-order valence-electron chi connectivity index (χ0n) is 33.5. The van der Waals surface area contributed by atoms with E-state index >= 15 is 0 Å². The first-order chi connectivity index (χ1) is 30.7. The molecule has 0 radical (unpaired) electrons. The third-order valence-corrected chi connectivity index (χ3v) is 12.6. The fourth-order valence-corrected chi connectivity index (χ4v) is 9.80. The highest BCUT2D eigenvalue weighted by atomic mass is 16.3. The molecule has 62 heavy (non-hydrogen) atoms. The topological polar surface area (TPSA) is 34.5 Å². The molecule has 4 heteroatoms. The lowest BCUT2D eigenvalue weighted by atomic mass is 9.96. The number of anilines is 3. The summed E-state index contributed by atoms with van der Waals surface area (Å²) in [5.74, 6) is 0. The van der Waals surface area contributed by atoms with Crippen LogP contribution in [0.15, 0.2) is 227 Å². The van der Waals surface area contributed by atoms with Crippen LogP contribution in [0.25, 0.3) is 104 Å². The summed E-state index contributed by atoms with van der Waals surface area (Å²) >= 11 is 0. The van der Waals surface area contributed by atoms with Gasteiger partial charge in [-0.25, -0.2) is 0 Å². The third-order valence-electron chi connectivity index (χ3n) is 12.6. The molecule has 0 saturated carbocycles. The molecule has 0 fully saturated rings. The van der Waals surface area contributed by atoms with Crippen molar-refractivity contribution in [1.29, 1.82) is 0 Å². The summed E-state index contributed by atoms with van der Waals surface area (Å²) in [5, 5.41) is 9.28. The molecule has 0 bridgehead atoms. The normalized spacial score (nSPS) is 11.9. The van der Waals surface area contributed by atoms with Crippen LogP contribution in [0.5, 0.6) is 0 Å². The van der Waals surface area contributed by atoms with E-state index in [9.17, 15) is 0 Å². The first-order valence-electron chi connectivity index (χ1n) is 21.1. The maximum Gasteiger partial charge on any atom is 0.143 e. The molecule has 0 aliphatic rings. The lowest BCUT2D eigenvalue weighted by molar-refractivity contribution is 0.669. The van der Waals surface area contributed by atoms with Gasteiger partial charge in [-0.15, -0.1) is 0 Å². The van der Waals surface area contributed by atoms with Gasteiger partial charge in [0.1, 0.15) is 22.3 Å². The molecule has 3 heterocycles. The molecule has 0 aliphatic carbocycles. The van der Waals surface area contributed by atoms with E-state index in [1.165, 1.54) is 27.2 Å². The molecule has 10 aromatic carbocycles. The summed E-state index contributed by atoms with van der Waals surface area (Å²) in [5.41, 5.74) is 14.5. The van der Waals surface area contributed by atoms with Gasteiger partial charge in [-0.3, -0.25) is 0 Å². The summed E-state index contributed by atoms with van der Waals surface area (Å²) in [4.78, 5) is 2.40. The first kappa shape index (κ1) is 34.5. The summed E-state index contributed by atoms with van der Waals surface area (Å²) in [6.45, 7) is 0. The van der Waals surface area contributed by atoms with Gasteiger partial charge < -0.3 is 18.3 Å². The molecule has 0 saturated heterocycles. The number of nitrogens with zero attached hydrogens (tertiary/aromatic N) is 2. The van der Waals surface area contributed by atoms with E-state index in [-0.39, 0.29) is 0 Å². The smallest absolute Gasteiger partial charge is 0.143 e. The molecule has 290 valence electrons. The van der Waals surface area contributed by atoms with Gasteiger partial charge in [0.2, 0.25) is 0 Å². The summed E-state index contributed by atoms with van der Waals surface area (Å²) in [7, 11) is 0. The van der Waals surface area contributed by atoms with E-state index in [1.807, 2.05) is 12.1 Å². The van der Waals surface area contributed by atoms with Gasteiger partial charge in [0, 0.05) is 60.5 Å². The zero-order valence-corrected chi connectivity index (χ0v) is 33.5. The van der Waals surface area contributed by atoms with Crippen LogP contribution < -0.4 is 4.90 Å². The lowest BCUT2D eigenvalue weighted by Crippen LogP contribution is -2.12. The van der Waals surface area contributed by atoms with Crippen molar-refractivity contribution in [2.45, 2.75) is 0 Å². The number of furan rings is 2. The average Bonchev–Trinajstić information content (AvgIpc) is 4.01. The van der Waals surface area contributed by atoms with E-state index in [0.717, 1.165) is 94.3 Å². The van der Waals surface area contributed by atoms with Crippen molar-refractivity contribution in [3.8, 4) is 27.9 Å². The zero-order chi connectivity index (χ0) is 40.7. The van der Waals surface area contributed by atoms with Crippen molar-refractivity contribution in [2.24, 2.45) is 0 Å². The Balaban J connectivity index is 1.03. The van der Waals surface area contributed by atoms with Crippen LogP contribution in [-0.2, 0) is 0 Å². The van der Waals surface area contributed by atoms with Gasteiger partial charge >= 0.3 is 0 Å². The van der Waals surface area contributed by atoms with E-state index in [4.69, 9.17) is 8.83 Å². The number of fused-ring (bicyclic) bond motifs is 10. The van der Waals surface area contributed by atoms with Gasteiger partial charge in [-0.05, 0) is 94.7 Å². The quantitative estimate of drug-likeness (QED) is 0.168. The Morgan fingerprint density at radius 1 is 0.355 bits per heavy atom. The summed E-state index contributed by atoms with van der Waals surface area (Å²) < 4.78 is 15.5. The Bertz CT molecular complexity index is 3830. The molecular weight excluding hydrogens is 757 g/mol. The highest BCUT2D eigenvalue weighted by molar-refractivity contribution is 6.17. The van der Waals surface area contributed by atoms with Crippen LogP contribution in [0, 0.1) is 0 Å². The number of para-hydroxylation sites is 5. The molecule has 4 nitrogen and oxygen atoms in total. The number of rotatable bonds is 6. The molecule has 13 rings (SSSR count). The molecule has 0 N–H and O–H groups in total. The van der Waals surface area contributed by atoms with Gasteiger partial charge in [0.25, 0.3) is 0 Å². The fourth-order valence-electron chi connectivity index (χ4n) is 9.80. The Kier molecular flexibility index (Phi) is 7.57.